The van der Waals surface area contributed by atoms with Crippen LogP contribution < -0.4 is 0 Å². The fraction of sp³-hybridized carbons (Fsp3) is 0.222. The molecule has 0 spiro atoms. The van der Waals surface area contributed by atoms with Gasteiger partial charge in [-0.05, 0) is 23.3 Å². The van der Waals surface area contributed by atoms with Crippen LogP contribution in [-0.4, -0.2) is 6.29 Å². The lowest BCUT2D eigenvalue weighted by molar-refractivity contribution is -0.117. The first-order valence-electron chi connectivity index (χ1n) is 3.66. The van der Waals surface area contributed by atoms with E-state index >= 15 is 0 Å². The number of fused-ring (bicyclic) bond motifs is 1. The third-order valence-electron chi connectivity index (χ3n) is 1.95. The third-order valence-corrected chi connectivity index (χ3v) is 2.45. The van der Waals surface area contributed by atoms with Crippen LogP contribution in [-0.2, 0) is 16.1 Å². The Kier molecular flexibility index (Phi) is 1.98. The van der Waals surface area contributed by atoms with Crippen LogP contribution in [0.5, 0.6) is 0 Å². The Hall–Kier alpha value is -0.670. The van der Waals surface area contributed by atoms with Crippen molar-refractivity contribution in [2.45, 2.75) is 12.7 Å². The van der Waals surface area contributed by atoms with E-state index < -0.39 is 0 Å². The van der Waals surface area contributed by atoms with Crippen molar-refractivity contribution in [3.05, 3.63) is 33.8 Å². The van der Waals surface area contributed by atoms with Crippen molar-refractivity contribution in [1.29, 1.82) is 0 Å². The van der Waals surface area contributed by atoms with Gasteiger partial charge in [0, 0.05) is 4.47 Å². The molecule has 0 saturated heterocycles. The van der Waals surface area contributed by atoms with Crippen LogP contribution >= 0.6 is 15.9 Å². The molecule has 0 aromatic heterocycles. The molecule has 1 aromatic rings. The molecule has 1 aliphatic rings. The van der Waals surface area contributed by atoms with Crippen LogP contribution in [0.1, 0.15) is 17.2 Å². The van der Waals surface area contributed by atoms with Crippen LogP contribution in [0, 0.1) is 0 Å². The molecule has 3 heteroatoms. The van der Waals surface area contributed by atoms with E-state index in [-0.39, 0.29) is 6.10 Å². The average molecular weight is 227 g/mol. The summed E-state index contributed by atoms with van der Waals surface area (Å²) in [6, 6.07) is 5.83. The van der Waals surface area contributed by atoms with Gasteiger partial charge in [0.25, 0.3) is 0 Å². The normalized spacial score (nSPS) is 20.6. The summed E-state index contributed by atoms with van der Waals surface area (Å²) in [4.78, 5) is 10.5. The predicted octanol–water partition coefficient (Wildman–Crippen LogP) is 2.22. The lowest BCUT2D eigenvalue weighted by Gasteiger charge is -2.00. The molecule has 12 heavy (non-hydrogen) atoms. The molecule has 0 N–H and O–H groups in total. The summed E-state index contributed by atoms with van der Waals surface area (Å²) < 4.78 is 6.26. The van der Waals surface area contributed by atoms with Gasteiger partial charge in [-0.15, -0.1) is 0 Å². The molecule has 1 heterocycles. The Morgan fingerprint density at radius 3 is 3.17 bits per heavy atom. The second kappa shape index (κ2) is 2.99. The fourth-order valence-electron chi connectivity index (χ4n) is 1.36. The minimum absolute atomic E-state index is 0.354. The lowest BCUT2D eigenvalue weighted by Crippen LogP contribution is -1.95. The number of halogens is 1. The van der Waals surface area contributed by atoms with E-state index in [1.807, 2.05) is 18.2 Å². The van der Waals surface area contributed by atoms with Gasteiger partial charge in [0.15, 0.2) is 6.29 Å². The molecule has 1 aliphatic heterocycles. The van der Waals surface area contributed by atoms with E-state index in [2.05, 4.69) is 15.9 Å². The highest BCUT2D eigenvalue weighted by molar-refractivity contribution is 9.10. The van der Waals surface area contributed by atoms with Crippen molar-refractivity contribution in [1.82, 2.24) is 0 Å². The second-order valence-corrected chi connectivity index (χ2v) is 3.63. The van der Waals surface area contributed by atoms with Crippen molar-refractivity contribution in [3.63, 3.8) is 0 Å². The van der Waals surface area contributed by atoms with Gasteiger partial charge in [0.2, 0.25) is 0 Å². The SMILES string of the molecule is O=CC1OCc2cc(Br)ccc21. The molecule has 1 unspecified atom stereocenters. The van der Waals surface area contributed by atoms with Gasteiger partial charge < -0.3 is 9.53 Å². The molecular weight excluding hydrogens is 220 g/mol. The summed E-state index contributed by atoms with van der Waals surface area (Å²) in [7, 11) is 0. The molecule has 0 radical (unpaired) electrons. The zero-order valence-electron chi connectivity index (χ0n) is 6.29. The molecule has 2 rings (SSSR count). The standard InChI is InChI=1S/C9H7BrO2/c10-7-1-2-8-6(3-7)5-12-9(8)4-11/h1-4,9H,5H2. The molecule has 1 aromatic carbocycles. The van der Waals surface area contributed by atoms with Gasteiger partial charge in [-0.1, -0.05) is 22.0 Å². The van der Waals surface area contributed by atoms with E-state index in [4.69, 9.17) is 4.74 Å². The second-order valence-electron chi connectivity index (χ2n) is 2.71. The van der Waals surface area contributed by atoms with E-state index in [0.717, 1.165) is 21.9 Å². The highest BCUT2D eigenvalue weighted by Crippen LogP contribution is 2.30. The van der Waals surface area contributed by atoms with Gasteiger partial charge in [0.1, 0.15) is 6.10 Å². The first-order chi connectivity index (χ1) is 5.81. The Balaban J connectivity index is 2.47. The van der Waals surface area contributed by atoms with E-state index in [9.17, 15) is 4.79 Å². The van der Waals surface area contributed by atoms with Crippen LogP contribution in [0.2, 0.25) is 0 Å². The van der Waals surface area contributed by atoms with E-state index in [1.54, 1.807) is 0 Å². The maximum absolute atomic E-state index is 10.5. The quantitative estimate of drug-likeness (QED) is 0.687. The molecule has 0 aliphatic carbocycles. The average Bonchev–Trinajstić information content (AvgIpc) is 2.46. The number of hydrogen-bond donors (Lipinski definition) is 0. The third kappa shape index (κ3) is 1.19. The van der Waals surface area contributed by atoms with Gasteiger partial charge >= 0.3 is 0 Å². The van der Waals surface area contributed by atoms with Crippen molar-refractivity contribution in [3.8, 4) is 0 Å². The van der Waals surface area contributed by atoms with Crippen LogP contribution in [0.4, 0.5) is 0 Å². The summed E-state index contributed by atoms with van der Waals surface area (Å²) >= 11 is 3.36. The predicted molar refractivity (Wildman–Crippen MR) is 47.7 cm³/mol. The number of carbonyl (C=O) groups is 1. The lowest BCUT2D eigenvalue weighted by atomic mass is 10.1. The summed E-state index contributed by atoms with van der Waals surface area (Å²) in [5.41, 5.74) is 2.09. The molecule has 2 nitrogen and oxygen atoms in total. The molecule has 0 saturated carbocycles. The first-order valence-corrected chi connectivity index (χ1v) is 4.46. The van der Waals surface area contributed by atoms with Crippen LogP contribution in [0.3, 0.4) is 0 Å². The Bertz CT molecular complexity index is 322. The largest absolute Gasteiger partial charge is 0.361 e. The number of ether oxygens (including phenoxy) is 1. The maximum atomic E-state index is 10.5. The Morgan fingerprint density at radius 1 is 1.58 bits per heavy atom. The van der Waals surface area contributed by atoms with Crippen LogP contribution in [0.25, 0.3) is 0 Å². The van der Waals surface area contributed by atoms with Gasteiger partial charge in [-0.25, -0.2) is 0 Å². The summed E-state index contributed by atoms with van der Waals surface area (Å²) in [5.74, 6) is 0. The molecule has 0 fully saturated rings. The summed E-state index contributed by atoms with van der Waals surface area (Å²) in [5, 5.41) is 0. The Labute approximate surface area is 78.7 Å². The number of hydrogen-bond acceptors (Lipinski definition) is 2. The zero-order valence-corrected chi connectivity index (χ0v) is 7.87. The number of benzene rings is 1. The zero-order chi connectivity index (χ0) is 8.55. The molecule has 1 atom stereocenters. The monoisotopic (exact) mass is 226 g/mol. The number of aldehydes is 1. The highest BCUT2D eigenvalue weighted by Gasteiger charge is 2.21. The summed E-state index contributed by atoms with van der Waals surface area (Å²) in [6.07, 6.45) is 0.479. The van der Waals surface area contributed by atoms with Crippen molar-refractivity contribution < 1.29 is 9.53 Å². The van der Waals surface area contributed by atoms with Gasteiger partial charge in [0.05, 0.1) is 6.61 Å². The van der Waals surface area contributed by atoms with Gasteiger partial charge in [-0.2, -0.15) is 0 Å². The fourth-order valence-corrected chi connectivity index (χ4v) is 1.77. The minimum atomic E-state index is -0.354. The molecule has 62 valence electrons. The van der Waals surface area contributed by atoms with E-state index in [0.29, 0.717) is 6.61 Å². The smallest absolute Gasteiger partial charge is 0.153 e. The van der Waals surface area contributed by atoms with E-state index in [1.165, 1.54) is 0 Å². The highest BCUT2D eigenvalue weighted by atomic mass is 79.9. The molecule has 0 bridgehead atoms. The summed E-state index contributed by atoms with van der Waals surface area (Å²) in [6.45, 7) is 0.540. The number of carbonyl (C=O) groups excluding carboxylic acids is 1. The van der Waals surface area contributed by atoms with Crippen molar-refractivity contribution >= 4 is 22.2 Å². The minimum Gasteiger partial charge on any atom is -0.361 e. The van der Waals surface area contributed by atoms with Gasteiger partial charge in [-0.3, -0.25) is 0 Å². The van der Waals surface area contributed by atoms with Crippen LogP contribution in [0.15, 0.2) is 22.7 Å². The molecule has 0 amide bonds. The van der Waals surface area contributed by atoms with Crippen molar-refractivity contribution in [2.24, 2.45) is 0 Å². The first kappa shape index (κ1) is 7.95. The topological polar surface area (TPSA) is 26.3 Å². The Morgan fingerprint density at radius 2 is 2.42 bits per heavy atom. The van der Waals surface area contributed by atoms with Crippen molar-refractivity contribution in [2.75, 3.05) is 0 Å². The number of rotatable bonds is 1. The molecular formula is C9H7BrO2. The maximum Gasteiger partial charge on any atom is 0.153 e.